The second kappa shape index (κ2) is 7.62. The zero-order chi connectivity index (χ0) is 13.1. The molecule has 3 nitrogen and oxygen atoms in total. The first-order chi connectivity index (χ1) is 9.34. The molecule has 2 N–H and O–H groups in total. The van der Waals surface area contributed by atoms with Gasteiger partial charge in [0.1, 0.15) is 5.84 Å². The van der Waals surface area contributed by atoms with Crippen LogP contribution in [0, 0.1) is 0 Å². The highest BCUT2D eigenvalue weighted by molar-refractivity contribution is 6.08. The van der Waals surface area contributed by atoms with Crippen LogP contribution < -0.4 is 5.73 Å². The summed E-state index contributed by atoms with van der Waals surface area (Å²) in [4.78, 5) is 8.77. The molecule has 0 spiro atoms. The van der Waals surface area contributed by atoms with Gasteiger partial charge >= 0.3 is 0 Å². The number of nitrogens with zero attached hydrogens (tertiary/aromatic N) is 2. The van der Waals surface area contributed by atoms with E-state index in [0.29, 0.717) is 5.84 Å². The van der Waals surface area contributed by atoms with Crippen molar-refractivity contribution in [1.29, 1.82) is 0 Å². The average Bonchev–Trinajstić information content (AvgIpc) is 2.47. The molecular weight excluding hydrogens is 305 g/mol. The molecule has 3 rings (SSSR count). The van der Waals surface area contributed by atoms with Crippen molar-refractivity contribution in [2.75, 3.05) is 0 Å². The molecule has 0 aliphatic rings. The minimum atomic E-state index is 0. The van der Waals surface area contributed by atoms with Crippen LogP contribution in [0.2, 0.25) is 0 Å². The Bertz CT molecular complexity index is 737. The standard InChI is InChI=1S/C16H13N3.2ClH/c17-16(19-12-6-2-1-3-7-12)14-10-11-18-15-9-5-4-8-13(14)15;;/h1-11H,(H2,17,19);2*1H. The van der Waals surface area contributed by atoms with Gasteiger partial charge in [-0.05, 0) is 24.3 Å². The largest absolute Gasteiger partial charge is 0.383 e. The van der Waals surface area contributed by atoms with Gasteiger partial charge in [-0.2, -0.15) is 0 Å². The fourth-order valence-electron chi connectivity index (χ4n) is 2.02. The summed E-state index contributed by atoms with van der Waals surface area (Å²) in [5.74, 6) is 0.504. The number of rotatable bonds is 2. The van der Waals surface area contributed by atoms with E-state index in [4.69, 9.17) is 5.73 Å². The van der Waals surface area contributed by atoms with Crippen LogP contribution in [0.4, 0.5) is 5.69 Å². The minimum absolute atomic E-state index is 0. The van der Waals surface area contributed by atoms with Crippen molar-refractivity contribution in [2.45, 2.75) is 0 Å². The molecule has 0 aliphatic carbocycles. The van der Waals surface area contributed by atoms with Crippen molar-refractivity contribution in [1.82, 2.24) is 4.98 Å². The van der Waals surface area contributed by atoms with Crippen LogP contribution in [0.25, 0.3) is 10.9 Å². The molecule has 0 saturated heterocycles. The van der Waals surface area contributed by atoms with Crippen molar-refractivity contribution < 1.29 is 0 Å². The van der Waals surface area contributed by atoms with Gasteiger partial charge in [0, 0.05) is 17.1 Å². The highest BCUT2D eigenvalue weighted by atomic mass is 35.5. The van der Waals surface area contributed by atoms with Crippen LogP contribution >= 0.6 is 24.8 Å². The van der Waals surface area contributed by atoms with E-state index < -0.39 is 0 Å². The summed E-state index contributed by atoms with van der Waals surface area (Å²) >= 11 is 0. The van der Waals surface area contributed by atoms with Gasteiger partial charge in [0.2, 0.25) is 0 Å². The summed E-state index contributed by atoms with van der Waals surface area (Å²) in [6.07, 6.45) is 1.76. The maximum Gasteiger partial charge on any atom is 0.132 e. The van der Waals surface area contributed by atoms with Crippen LogP contribution in [0.5, 0.6) is 0 Å². The van der Waals surface area contributed by atoms with Crippen LogP contribution in [0.15, 0.2) is 71.9 Å². The molecule has 1 aromatic heterocycles. The van der Waals surface area contributed by atoms with E-state index in [0.717, 1.165) is 22.2 Å². The maximum absolute atomic E-state index is 6.12. The summed E-state index contributed by atoms with van der Waals surface area (Å²) in [6, 6.07) is 19.5. The Morgan fingerprint density at radius 2 is 1.52 bits per heavy atom. The summed E-state index contributed by atoms with van der Waals surface area (Å²) in [5.41, 5.74) is 8.80. The second-order valence-corrected chi connectivity index (χ2v) is 4.21. The van der Waals surface area contributed by atoms with E-state index in [1.54, 1.807) is 6.20 Å². The molecule has 0 aliphatic heterocycles. The zero-order valence-electron chi connectivity index (χ0n) is 11.1. The lowest BCUT2D eigenvalue weighted by Crippen LogP contribution is -2.13. The molecule has 2 aromatic carbocycles. The van der Waals surface area contributed by atoms with Gasteiger partial charge in [-0.15, -0.1) is 24.8 Å². The predicted octanol–water partition coefficient (Wildman–Crippen LogP) is 4.12. The highest BCUT2D eigenvalue weighted by Gasteiger charge is 2.04. The first-order valence-electron chi connectivity index (χ1n) is 6.08. The number of nitrogens with two attached hydrogens (primary N) is 1. The molecule has 1 heterocycles. The van der Waals surface area contributed by atoms with Crippen molar-refractivity contribution in [3.8, 4) is 0 Å². The van der Waals surface area contributed by atoms with Crippen molar-refractivity contribution in [3.63, 3.8) is 0 Å². The summed E-state index contributed by atoms with van der Waals surface area (Å²) in [5, 5.41) is 1.02. The third kappa shape index (κ3) is 3.72. The molecule has 3 aromatic rings. The number of pyridine rings is 1. The number of hydrogen-bond acceptors (Lipinski definition) is 2. The molecule has 0 amide bonds. The van der Waals surface area contributed by atoms with E-state index in [1.807, 2.05) is 60.7 Å². The first-order valence-corrected chi connectivity index (χ1v) is 6.08. The Balaban J connectivity index is 0.00000110. The number of hydrogen-bond donors (Lipinski definition) is 1. The third-order valence-electron chi connectivity index (χ3n) is 2.93. The van der Waals surface area contributed by atoms with Crippen LogP contribution in [0.1, 0.15) is 5.56 Å². The van der Waals surface area contributed by atoms with Crippen LogP contribution in [0.3, 0.4) is 0 Å². The number of aliphatic imine (C=N–C) groups is 1. The minimum Gasteiger partial charge on any atom is -0.383 e. The van der Waals surface area contributed by atoms with Gasteiger partial charge in [0.25, 0.3) is 0 Å². The first kappa shape index (κ1) is 17.0. The fraction of sp³-hybridized carbons (Fsp3) is 0. The van der Waals surface area contributed by atoms with E-state index in [9.17, 15) is 0 Å². The van der Waals surface area contributed by atoms with E-state index in [1.165, 1.54) is 0 Å². The second-order valence-electron chi connectivity index (χ2n) is 4.21. The monoisotopic (exact) mass is 319 g/mol. The number of fused-ring (bicyclic) bond motifs is 1. The van der Waals surface area contributed by atoms with Crippen LogP contribution in [-0.2, 0) is 0 Å². The highest BCUT2D eigenvalue weighted by Crippen LogP contribution is 2.18. The summed E-state index contributed by atoms with van der Waals surface area (Å²) < 4.78 is 0. The van der Waals surface area contributed by atoms with Crippen molar-refractivity contribution in [3.05, 3.63) is 72.4 Å². The topological polar surface area (TPSA) is 51.3 Å². The number of amidine groups is 1. The Morgan fingerprint density at radius 1 is 0.857 bits per heavy atom. The molecule has 0 unspecified atom stereocenters. The summed E-state index contributed by atoms with van der Waals surface area (Å²) in [6.45, 7) is 0. The molecule has 0 saturated carbocycles. The van der Waals surface area contributed by atoms with Gasteiger partial charge in [-0.25, -0.2) is 4.99 Å². The lowest BCUT2D eigenvalue weighted by atomic mass is 10.1. The predicted molar refractivity (Wildman–Crippen MR) is 93.1 cm³/mol. The van der Waals surface area contributed by atoms with Gasteiger partial charge < -0.3 is 5.73 Å². The number of benzene rings is 2. The lowest BCUT2D eigenvalue weighted by Gasteiger charge is -2.05. The molecule has 0 fully saturated rings. The lowest BCUT2D eigenvalue weighted by molar-refractivity contribution is 1.39. The number of halogens is 2. The summed E-state index contributed by atoms with van der Waals surface area (Å²) in [7, 11) is 0. The van der Waals surface area contributed by atoms with E-state index in [-0.39, 0.29) is 24.8 Å². The van der Waals surface area contributed by atoms with Gasteiger partial charge in [-0.1, -0.05) is 36.4 Å². The van der Waals surface area contributed by atoms with Gasteiger partial charge in [0.05, 0.1) is 11.2 Å². The number of para-hydroxylation sites is 2. The van der Waals surface area contributed by atoms with Gasteiger partial charge in [-0.3, -0.25) is 4.98 Å². The molecule has 108 valence electrons. The Morgan fingerprint density at radius 3 is 2.29 bits per heavy atom. The molecule has 0 atom stereocenters. The zero-order valence-corrected chi connectivity index (χ0v) is 12.8. The smallest absolute Gasteiger partial charge is 0.132 e. The quantitative estimate of drug-likeness (QED) is 0.570. The van der Waals surface area contributed by atoms with Gasteiger partial charge in [0.15, 0.2) is 0 Å². The van der Waals surface area contributed by atoms with Crippen LogP contribution in [-0.4, -0.2) is 10.8 Å². The normalized spacial score (nSPS) is 10.6. The fourth-order valence-corrected chi connectivity index (χ4v) is 2.02. The molecule has 0 radical (unpaired) electrons. The average molecular weight is 320 g/mol. The molecular formula is C16H15Cl2N3. The Kier molecular flexibility index (Phi) is 6.15. The maximum atomic E-state index is 6.12. The molecule has 5 heteroatoms. The Labute approximate surface area is 135 Å². The van der Waals surface area contributed by atoms with E-state index in [2.05, 4.69) is 9.98 Å². The van der Waals surface area contributed by atoms with E-state index >= 15 is 0 Å². The number of aromatic nitrogens is 1. The Hall–Kier alpha value is -2.10. The molecule has 21 heavy (non-hydrogen) atoms. The third-order valence-corrected chi connectivity index (χ3v) is 2.93. The van der Waals surface area contributed by atoms with Crippen molar-refractivity contribution in [2.24, 2.45) is 10.7 Å². The van der Waals surface area contributed by atoms with Crippen molar-refractivity contribution >= 4 is 47.2 Å². The molecule has 0 bridgehead atoms. The SMILES string of the molecule is Cl.Cl.NC(=Nc1ccccc1)c1ccnc2ccccc12.